The summed E-state index contributed by atoms with van der Waals surface area (Å²) in [6.45, 7) is 10.8. The first-order chi connectivity index (χ1) is 9.61. The Kier molecular flexibility index (Phi) is 5.01. The van der Waals surface area contributed by atoms with Crippen LogP contribution in [0.1, 0.15) is 18.1 Å². The number of carbonyl (C=O) groups is 1. The van der Waals surface area contributed by atoms with E-state index in [4.69, 9.17) is 4.74 Å². The van der Waals surface area contributed by atoms with Crippen molar-refractivity contribution >= 4 is 11.7 Å². The molecular weight excluding hydrogens is 252 g/mol. The maximum atomic E-state index is 11.5. The van der Waals surface area contributed by atoms with Gasteiger partial charge >= 0.3 is 5.97 Å². The number of rotatable bonds is 4. The van der Waals surface area contributed by atoms with Gasteiger partial charge in [-0.15, -0.1) is 0 Å². The summed E-state index contributed by atoms with van der Waals surface area (Å²) in [5.41, 5.74) is 4.00. The number of benzene rings is 1. The van der Waals surface area contributed by atoms with Crippen molar-refractivity contribution in [3.8, 4) is 0 Å². The van der Waals surface area contributed by atoms with E-state index in [9.17, 15) is 4.79 Å². The van der Waals surface area contributed by atoms with Crippen molar-refractivity contribution in [1.82, 2.24) is 4.90 Å². The largest absolute Gasteiger partial charge is 0.465 e. The molecule has 1 aromatic carbocycles. The molecule has 2 rings (SSSR count). The molecule has 0 N–H and O–H groups in total. The van der Waals surface area contributed by atoms with Gasteiger partial charge < -0.3 is 9.64 Å². The number of ether oxygens (including phenoxy) is 1. The molecule has 4 nitrogen and oxygen atoms in total. The highest BCUT2D eigenvalue weighted by Crippen LogP contribution is 2.23. The van der Waals surface area contributed by atoms with Crippen LogP contribution in [0.3, 0.4) is 0 Å². The smallest absolute Gasteiger partial charge is 0.320 e. The third-order valence-corrected chi connectivity index (χ3v) is 3.95. The van der Waals surface area contributed by atoms with E-state index in [1.807, 2.05) is 6.92 Å². The van der Waals surface area contributed by atoms with Crippen molar-refractivity contribution < 1.29 is 9.53 Å². The molecule has 0 spiro atoms. The number of anilines is 1. The molecular formula is C16H24N2O2. The first-order valence-electron chi connectivity index (χ1n) is 7.31. The van der Waals surface area contributed by atoms with Gasteiger partial charge in [0.1, 0.15) is 0 Å². The van der Waals surface area contributed by atoms with Gasteiger partial charge in [0.25, 0.3) is 0 Å². The molecule has 0 radical (unpaired) electrons. The van der Waals surface area contributed by atoms with Crippen molar-refractivity contribution in [3.05, 3.63) is 29.3 Å². The molecule has 0 saturated carbocycles. The molecule has 0 atom stereocenters. The van der Waals surface area contributed by atoms with Gasteiger partial charge in [0, 0.05) is 31.9 Å². The highest BCUT2D eigenvalue weighted by Gasteiger charge is 2.20. The number of hydrogen-bond donors (Lipinski definition) is 0. The minimum Gasteiger partial charge on any atom is -0.465 e. The molecule has 1 saturated heterocycles. The van der Waals surface area contributed by atoms with Crippen LogP contribution in [-0.4, -0.2) is 50.2 Å². The zero-order valence-corrected chi connectivity index (χ0v) is 12.7. The molecule has 0 aromatic heterocycles. The van der Waals surface area contributed by atoms with E-state index < -0.39 is 0 Å². The molecule has 110 valence electrons. The van der Waals surface area contributed by atoms with Crippen molar-refractivity contribution in [3.63, 3.8) is 0 Å². The van der Waals surface area contributed by atoms with Gasteiger partial charge in [-0.1, -0.05) is 12.1 Å². The van der Waals surface area contributed by atoms with Crippen LogP contribution in [0.15, 0.2) is 18.2 Å². The Morgan fingerprint density at radius 1 is 1.20 bits per heavy atom. The molecule has 1 heterocycles. The topological polar surface area (TPSA) is 32.8 Å². The second kappa shape index (κ2) is 6.75. The van der Waals surface area contributed by atoms with Crippen LogP contribution in [0.25, 0.3) is 0 Å². The molecule has 1 fully saturated rings. The number of esters is 1. The highest BCUT2D eigenvalue weighted by atomic mass is 16.5. The van der Waals surface area contributed by atoms with E-state index >= 15 is 0 Å². The van der Waals surface area contributed by atoms with Gasteiger partial charge in [-0.3, -0.25) is 9.69 Å². The quantitative estimate of drug-likeness (QED) is 0.787. The Hall–Kier alpha value is -1.55. The number of hydrogen-bond acceptors (Lipinski definition) is 4. The second-order valence-electron chi connectivity index (χ2n) is 5.29. The first kappa shape index (κ1) is 14.9. The summed E-state index contributed by atoms with van der Waals surface area (Å²) in [5, 5.41) is 0. The lowest BCUT2D eigenvalue weighted by molar-refractivity contribution is -0.144. The summed E-state index contributed by atoms with van der Waals surface area (Å²) in [6.07, 6.45) is 0. The predicted octanol–water partition coefficient (Wildman–Crippen LogP) is 1.99. The van der Waals surface area contributed by atoms with Gasteiger partial charge in [-0.2, -0.15) is 0 Å². The zero-order chi connectivity index (χ0) is 14.5. The second-order valence-corrected chi connectivity index (χ2v) is 5.29. The third-order valence-electron chi connectivity index (χ3n) is 3.95. The summed E-state index contributed by atoms with van der Waals surface area (Å²) in [4.78, 5) is 16.1. The monoisotopic (exact) mass is 276 g/mol. The maximum absolute atomic E-state index is 11.5. The van der Waals surface area contributed by atoms with Crippen LogP contribution < -0.4 is 4.90 Å². The Labute approximate surface area is 121 Å². The lowest BCUT2D eigenvalue weighted by atomic mass is 10.1. The SMILES string of the molecule is CCOC(=O)CN1CCN(c2cccc(C)c2C)CC1. The Morgan fingerprint density at radius 3 is 2.55 bits per heavy atom. The molecule has 0 unspecified atom stereocenters. The summed E-state index contributed by atoms with van der Waals surface area (Å²) >= 11 is 0. The van der Waals surface area contributed by atoms with Crippen LogP contribution in [0.2, 0.25) is 0 Å². The van der Waals surface area contributed by atoms with Crippen molar-refractivity contribution in [2.75, 3.05) is 44.2 Å². The number of nitrogens with zero attached hydrogens (tertiary/aromatic N) is 2. The minimum atomic E-state index is -0.118. The average molecular weight is 276 g/mol. The summed E-state index contributed by atoms with van der Waals surface area (Å²) < 4.78 is 5.00. The van der Waals surface area contributed by atoms with Crippen molar-refractivity contribution in [1.29, 1.82) is 0 Å². The Morgan fingerprint density at radius 2 is 1.90 bits per heavy atom. The zero-order valence-electron chi connectivity index (χ0n) is 12.7. The van der Waals surface area contributed by atoms with E-state index in [0.717, 1.165) is 26.2 Å². The molecule has 1 aromatic rings. The van der Waals surface area contributed by atoms with Crippen LogP contribution in [-0.2, 0) is 9.53 Å². The fourth-order valence-electron chi connectivity index (χ4n) is 2.61. The predicted molar refractivity (Wildman–Crippen MR) is 81.2 cm³/mol. The molecule has 20 heavy (non-hydrogen) atoms. The summed E-state index contributed by atoms with van der Waals surface area (Å²) in [5.74, 6) is -0.118. The molecule has 1 aliphatic heterocycles. The summed E-state index contributed by atoms with van der Waals surface area (Å²) in [6, 6.07) is 6.45. The van der Waals surface area contributed by atoms with E-state index in [0.29, 0.717) is 13.2 Å². The van der Waals surface area contributed by atoms with E-state index in [1.165, 1.54) is 16.8 Å². The first-order valence-corrected chi connectivity index (χ1v) is 7.31. The van der Waals surface area contributed by atoms with Crippen molar-refractivity contribution in [2.24, 2.45) is 0 Å². The number of aryl methyl sites for hydroxylation is 1. The molecule has 1 aliphatic rings. The Balaban J connectivity index is 1.91. The van der Waals surface area contributed by atoms with Crippen LogP contribution in [0, 0.1) is 13.8 Å². The molecule has 0 aliphatic carbocycles. The lowest BCUT2D eigenvalue weighted by Crippen LogP contribution is -2.48. The van der Waals surface area contributed by atoms with Crippen LogP contribution in [0.5, 0.6) is 0 Å². The van der Waals surface area contributed by atoms with Crippen LogP contribution >= 0.6 is 0 Å². The van der Waals surface area contributed by atoms with E-state index in [2.05, 4.69) is 41.8 Å². The minimum absolute atomic E-state index is 0.118. The highest BCUT2D eigenvalue weighted by molar-refractivity contribution is 5.71. The van der Waals surface area contributed by atoms with Crippen molar-refractivity contribution in [2.45, 2.75) is 20.8 Å². The van der Waals surface area contributed by atoms with Gasteiger partial charge in [-0.05, 0) is 38.0 Å². The molecule has 4 heteroatoms. The average Bonchev–Trinajstić information content (AvgIpc) is 2.43. The Bertz CT molecular complexity index is 466. The standard InChI is InChI=1S/C16H24N2O2/c1-4-20-16(19)12-17-8-10-18(11-9-17)15-7-5-6-13(2)14(15)3/h5-7H,4,8-12H2,1-3H3. The number of carbonyl (C=O) groups excluding carboxylic acids is 1. The third kappa shape index (κ3) is 3.51. The summed E-state index contributed by atoms with van der Waals surface area (Å²) in [7, 11) is 0. The molecule has 0 amide bonds. The van der Waals surface area contributed by atoms with Gasteiger partial charge in [0.15, 0.2) is 0 Å². The van der Waals surface area contributed by atoms with E-state index in [-0.39, 0.29) is 5.97 Å². The maximum Gasteiger partial charge on any atom is 0.320 e. The molecule has 0 bridgehead atoms. The van der Waals surface area contributed by atoms with E-state index in [1.54, 1.807) is 0 Å². The van der Waals surface area contributed by atoms with Gasteiger partial charge in [-0.25, -0.2) is 0 Å². The lowest BCUT2D eigenvalue weighted by Gasteiger charge is -2.36. The fourth-order valence-corrected chi connectivity index (χ4v) is 2.61. The van der Waals surface area contributed by atoms with Gasteiger partial charge in [0.2, 0.25) is 0 Å². The fraction of sp³-hybridized carbons (Fsp3) is 0.562. The van der Waals surface area contributed by atoms with Crippen LogP contribution in [0.4, 0.5) is 5.69 Å². The van der Waals surface area contributed by atoms with Gasteiger partial charge in [0.05, 0.1) is 13.2 Å². The normalized spacial score (nSPS) is 16.2. The number of piperazine rings is 1.